The zero-order valence-electron chi connectivity index (χ0n) is 12.5. The predicted molar refractivity (Wildman–Crippen MR) is 74.6 cm³/mol. The number of aliphatic hydroxyl groups is 1. The molecule has 2 unspecified atom stereocenters. The minimum Gasteiger partial charge on any atom is -0.469 e. The standard InChI is InChI=1S/C15H21F2NO3/c1-4-18(8-10(2)15(20)21-3)9-14(19)12-6-5-11(16)7-13(12)17/h5-7,10,14,19H,4,8-9H2,1-3H3. The number of methoxy groups -OCH3 is 1. The Morgan fingerprint density at radius 2 is 2.05 bits per heavy atom. The summed E-state index contributed by atoms with van der Waals surface area (Å²) >= 11 is 0. The number of aliphatic hydroxyl groups excluding tert-OH is 1. The van der Waals surface area contributed by atoms with Crippen molar-refractivity contribution >= 4 is 5.97 Å². The number of benzene rings is 1. The van der Waals surface area contributed by atoms with Gasteiger partial charge in [0.05, 0.1) is 19.1 Å². The van der Waals surface area contributed by atoms with E-state index in [9.17, 15) is 18.7 Å². The molecule has 118 valence electrons. The number of halogens is 2. The highest BCUT2D eigenvalue weighted by atomic mass is 19.1. The molecular weight excluding hydrogens is 280 g/mol. The smallest absolute Gasteiger partial charge is 0.309 e. The zero-order valence-corrected chi connectivity index (χ0v) is 12.5. The average molecular weight is 301 g/mol. The molecule has 2 atom stereocenters. The Kier molecular flexibility index (Phi) is 6.71. The largest absolute Gasteiger partial charge is 0.469 e. The Labute approximate surface area is 123 Å². The van der Waals surface area contributed by atoms with Gasteiger partial charge in [-0.15, -0.1) is 0 Å². The lowest BCUT2D eigenvalue weighted by atomic mass is 10.1. The second-order valence-corrected chi connectivity index (χ2v) is 4.96. The molecule has 0 heterocycles. The lowest BCUT2D eigenvalue weighted by molar-refractivity contribution is -0.145. The van der Waals surface area contributed by atoms with E-state index in [1.807, 2.05) is 11.8 Å². The van der Waals surface area contributed by atoms with Crippen molar-refractivity contribution in [3.8, 4) is 0 Å². The molecule has 0 aliphatic rings. The minimum atomic E-state index is -1.09. The quantitative estimate of drug-likeness (QED) is 0.784. The van der Waals surface area contributed by atoms with Crippen LogP contribution in [0.5, 0.6) is 0 Å². The first kappa shape index (κ1) is 17.5. The van der Waals surface area contributed by atoms with Crippen LogP contribution in [-0.4, -0.2) is 42.7 Å². The normalized spacial score (nSPS) is 14.0. The summed E-state index contributed by atoms with van der Waals surface area (Å²) in [5.41, 5.74) is 0.0422. The van der Waals surface area contributed by atoms with Crippen molar-refractivity contribution in [2.24, 2.45) is 5.92 Å². The Hall–Kier alpha value is -1.53. The van der Waals surface area contributed by atoms with Crippen LogP contribution in [0.15, 0.2) is 18.2 Å². The second kappa shape index (κ2) is 8.05. The van der Waals surface area contributed by atoms with Crippen molar-refractivity contribution in [3.63, 3.8) is 0 Å². The van der Waals surface area contributed by atoms with E-state index >= 15 is 0 Å². The Balaban J connectivity index is 2.70. The van der Waals surface area contributed by atoms with E-state index in [1.54, 1.807) is 6.92 Å². The van der Waals surface area contributed by atoms with Gasteiger partial charge in [0.1, 0.15) is 11.6 Å². The summed E-state index contributed by atoms with van der Waals surface area (Å²) in [6.07, 6.45) is -1.09. The van der Waals surface area contributed by atoms with Crippen LogP contribution < -0.4 is 0 Å². The van der Waals surface area contributed by atoms with Gasteiger partial charge in [0.2, 0.25) is 0 Å². The molecule has 4 nitrogen and oxygen atoms in total. The first-order valence-corrected chi connectivity index (χ1v) is 6.82. The van der Waals surface area contributed by atoms with Crippen molar-refractivity contribution in [1.29, 1.82) is 0 Å². The van der Waals surface area contributed by atoms with E-state index in [4.69, 9.17) is 0 Å². The van der Waals surface area contributed by atoms with Gasteiger partial charge in [-0.1, -0.05) is 19.9 Å². The Morgan fingerprint density at radius 1 is 1.38 bits per heavy atom. The third-order valence-corrected chi connectivity index (χ3v) is 3.34. The topological polar surface area (TPSA) is 49.8 Å². The predicted octanol–water partition coefficient (Wildman–Crippen LogP) is 2.13. The molecule has 1 aromatic rings. The third-order valence-electron chi connectivity index (χ3n) is 3.34. The molecule has 1 N–H and O–H groups in total. The van der Waals surface area contributed by atoms with E-state index in [2.05, 4.69) is 4.74 Å². The molecule has 0 spiro atoms. The van der Waals surface area contributed by atoms with Gasteiger partial charge in [0.15, 0.2) is 0 Å². The lowest BCUT2D eigenvalue weighted by Gasteiger charge is -2.26. The molecule has 6 heteroatoms. The summed E-state index contributed by atoms with van der Waals surface area (Å²) in [6, 6.07) is 3.08. The highest BCUT2D eigenvalue weighted by Gasteiger charge is 2.21. The van der Waals surface area contributed by atoms with Gasteiger partial charge < -0.3 is 9.84 Å². The molecule has 1 aromatic carbocycles. The summed E-state index contributed by atoms with van der Waals surface area (Å²) < 4.78 is 31.1. The molecular formula is C15H21F2NO3. The number of nitrogens with zero attached hydrogens (tertiary/aromatic N) is 1. The van der Waals surface area contributed by atoms with Crippen molar-refractivity contribution in [1.82, 2.24) is 4.90 Å². The molecule has 0 amide bonds. The van der Waals surface area contributed by atoms with E-state index in [0.29, 0.717) is 13.1 Å². The van der Waals surface area contributed by atoms with E-state index in [1.165, 1.54) is 13.2 Å². The van der Waals surface area contributed by atoms with E-state index < -0.39 is 17.7 Å². The number of likely N-dealkylation sites (N-methyl/N-ethyl adjacent to an activating group) is 1. The SMILES string of the molecule is CCN(CC(C)C(=O)OC)CC(O)c1ccc(F)cc1F. The number of rotatable bonds is 7. The van der Waals surface area contributed by atoms with Gasteiger partial charge >= 0.3 is 5.97 Å². The molecule has 0 radical (unpaired) electrons. The number of hydrogen-bond donors (Lipinski definition) is 1. The molecule has 0 aliphatic carbocycles. The summed E-state index contributed by atoms with van der Waals surface area (Å²) in [4.78, 5) is 13.2. The zero-order chi connectivity index (χ0) is 16.0. The average Bonchev–Trinajstić information content (AvgIpc) is 2.45. The first-order chi connectivity index (χ1) is 9.88. The fourth-order valence-electron chi connectivity index (χ4n) is 2.11. The van der Waals surface area contributed by atoms with Crippen LogP contribution in [0.1, 0.15) is 25.5 Å². The molecule has 0 bridgehead atoms. The van der Waals surface area contributed by atoms with Gasteiger partial charge in [-0.2, -0.15) is 0 Å². The summed E-state index contributed by atoms with van der Waals surface area (Å²) in [5.74, 6) is -2.15. The fraction of sp³-hybridized carbons (Fsp3) is 0.533. The van der Waals surface area contributed by atoms with Crippen LogP contribution >= 0.6 is 0 Å². The van der Waals surface area contributed by atoms with Crippen molar-refractivity contribution in [3.05, 3.63) is 35.4 Å². The lowest BCUT2D eigenvalue weighted by Crippen LogP contribution is -2.35. The number of carbonyl (C=O) groups is 1. The van der Waals surface area contributed by atoms with Crippen molar-refractivity contribution < 1.29 is 23.4 Å². The van der Waals surface area contributed by atoms with Crippen LogP contribution in [0.2, 0.25) is 0 Å². The number of ether oxygens (including phenoxy) is 1. The first-order valence-electron chi connectivity index (χ1n) is 6.82. The van der Waals surface area contributed by atoms with Crippen LogP contribution in [0.4, 0.5) is 8.78 Å². The summed E-state index contributed by atoms with van der Waals surface area (Å²) in [7, 11) is 1.32. The van der Waals surface area contributed by atoms with Crippen molar-refractivity contribution in [2.45, 2.75) is 20.0 Å². The van der Waals surface area contributed by atoms with Crippen LogP contribution in [0.25, 0.3) is 0 Å². The van der Waals surface area contributed by atoms with Gasteiger partial charge in [-0.25, -0.2) is 8.78 Å². The molecule has 0 aromatic heterocycles. The van der Waals surface area contributed by atoms with Gasteiger partial charge in [0.25, 0.3) is 0 Å². The Morgan fingerprint density at radius 3 is 2.57 bits per heavy atom. The van der Waals surface area contributed by atoms with Gasteiger partial charge in [-0.3, -0.25) is 9.69 Å². The van der Waals surface area contributed by atoms with Crippen LogP contribution in [0, 0.1) is 17.6 Å². The van der Waals surface area contributed by atoms with Gasteiger partial charge in [-0.05, 0) is 12.6 Å². The summed E-state index contributed by atoms with van der Waals surface area (Å²) in [5, 5.41) is 10.1. The maximum Gasteiger partial charge on any atom is 0.309 e. The van der Waals surface area contributed by atoms with Gasteiger partial charge in [0, 0.05) is 24.7 Å². The summed E-state index contributed by atoms with van der Waals surface area (Å²) in [6.45, 7) is 4.72. The molecule has 0 saturated carbocycles. The highest BCUT2D eigenvalue weighted by molar-refractivity contribution is 5.72. The molecule has 0 aliphatic heterocycles. The molecule has 21 heavy (non-hydrogen) atoms. The molecule has 0 fully saturated rings. The number of esters is 1. The number of hydrogen-bond acceptors (Lipinski definition) is 4. The minimum absolute atomic E-state index is 0.0422. The second-order valence-electron chi connectivity index (χ2n) is 4.96. The number of carbonyl (C=O) groups excluding carboxylic acids is 1. The van der Waals surface area contributed by atoms with E-state index in [0.717, 1.165) is 12.1 Å². The van der Waals surface area contributed by atoms with Crippen LogP contribution in [-0.2, 0) is 9.53 Å². The molecule has 1 rings (SSSR count). The monoisotopic (exact) mass is 301 g/mol. The van der Waals surface area contributed by atoms with E-state index in [-0.39, 0.29) is 24.0 Å². The third kappa shape index (κ3) is 5.06. The van der Waals surface area contributed by atoms with Crippen molar-refractivity contribution in [2.75, 3.05) is 26.7 Å². The van der Waals surface area contributed by atoms with Crippen LogP contribution in [0.3, 0.4) is 0 Å². The highest BCUT2D eigenvalue weighted by Crippen LogP contribution is 2.19. The molecule has 0 saturated heterocycles. The maximum absolute atomic E-state index is 13.6. The maximum atomic E-state index is 13.6. The Bertz CT molecular complexity index is 482. The fourth-order valence-corrected chi connectivity index (χ4v) is 2.11.